The van der Waals surface area contributed by atoms with E-state index in [1.165, 1.54) is 0 Å². The topological polar surface area (TPSA) is 20.3 Å². The second-order valence-corrected chi connectivity index (χ2v) is 8.52. The summed E-state index contributed by atoms with van der Waals surface area (Å²) in [4.78, 5) is 16.5. The summed E-state index contributed by atoms with van der Waals surface area (Å²) in [5.41, 5.74) is 6.29. The van der Waals surface area contributed by atoms with Gasteiger partial charge < -0.3 is 4.90 Å². The summed E-state index contributed by atoms with van der Waals surface area (Å²) in [6.07, 6.45) is 0.765. The van der Waals surface area contributed by atoms with Gasteiger partial charge in [-0.15, -0.1) is 0 Å². The van der Waals surface area contributed by atoms with E-state index >= 15 is 0 Å². The van der Waals surface area contributed by atoms with Crippen molar-refractivity contribution in [2.75, 3.05) is 0 Å². The highest BCUT2D eigenvalue weighted by atomic mass is 16.2. The van der Waals surface area contributed by atoms with Gasteiger partial charge in [0.05, 0.1) is 17.7 Å². The Hall–Kier alpha value is -3.91. The first-order valence-corrected chi connectivity index (χ1v) is 11.5. The molecule has 1 aliphatic heterocycles. The number of benzene rings is 4. The van der Waals surface area contributed by atoms with E-state index in [4.69, 9.17) is 0 Å². The molecule has 4 aromatic carbocycles. The van der Waals surface area contributed by atoms with Crippen molar-refractivity contribution >= 4 is 17.1 Å². The number of nitrogens with zero attached hydrogens (tertiary/aromatic N) is 1. The van der Waals surface area contributed by atoms with Crippen LogP contribution in [0.15, 0.2) is 121 Å². The first-order valence-electron chi connectivity index (χ1n) is 11.5. The van der Waals surface area contributed by atoms with Crippen LogP contribution in [0.25, 0.3) is 11.1 Å². The van der Waals surface area contributed by atoms with Gasteiger partial charge in [0.25, 0.3) is 5.91 Å². The van der Waals surface area contributed by atoms with Crippen molar-refractivity contribution < 1.29 is 4.79 Å². The Kier molecular flexibility index (Phi) is 5.91. The maximum atomic E-state index is 14.4. The van der Waals surface area contributed by atoms with Crippen LogP contribution in [0.1, 0.15) is 47.7 Å². The maximum absolute atomic E-state index is 14.4. The van der Waals surface area contributed by atoms with Crippen LogP contribution in [-0.4, -0.2) is 10.8 Å². The van der Waals surface area contributed by atoms with Crippen LogP contribution in [0.3, 0.4) is 0 Å². The zero-order valence-electron chi connectivity index (χ0n) is 18.8. The molecule has 0 fully saturated rings. The number of rotatable bonds is 5. The molecule has 2 heteroatoms. The van der Waals surface area contributed by atoms with Gasteiger partial charge in [-0.2, -0.15) is 0 Å². The molecular weight excluding hydrogens is 402 g/mol. The summed E-state index contributed by atoms with van der Waals surface area (Å²) in [5.74, 6) is 0.0801. The van der Waals surface area contributed by atoms with Gasteiger partial charge in [-0.05, 0) is 41.2 Å². The Bertz CT molecular complexity index is 1250. The van der Waals surface area contributed by atoms with E-state index in [2.05, 4.69) is 60.4 Å². The lowest BCUT2D eigenvalue weighted by atomic mass is 9.82. The van der Waals surface area contributed by atoms with Crippen molar-refractivity contribution in [3.63, 3.8) is 0 Å². The Morgan fingerprint density at radius 3 is 1.73 bits per heavy atom. The SMILES string of the molecule is C[C@H](c1ccccc1)N1C(=O)C(c2ccccc2)=C(c2ccccc2)C[C@@H]1c1ccccc1. The van der Waals surface area contributed by atoms with Crippen LogP contribution < -0.4 is 0 Å². The Balaban J connectivity index is 1.72. The molecule has 33 heavy (non-hydrogen) atoms. The molecule has 1 aliphatic rings. The van der Waals surface area contributed by atoms with E-state index in [-0.39, 0.29) is 18.0 Å². The fourth-order valence-corrected chi connectivity index (χ4v) is 4.89. The normalized spacial score (nSPS) is 17.2. The van der Waals surface area contributed by atoms with Gasteiger partial charge in [0, 0.05) is 0 Å². The van der Waals surface area contributed by atoms with Crippen LogP contribution in [0.5, 0.6) is 0 Å². The van der Waals surface area contributed by atoms with Crippen LogP contribution >= 0.6 is 0 Å². The molecule has 2 atom stereocenters. The van der Waals surface area contributed by atoms with Crippen molar-refractivity contribution in [1.82, 2.24) is 4.90 Å². The van der Waals surface area contributed by atoms with Crippen LogP contribution in [0.2, 0.25) is 0 Å². The maximum Gasteiger partial charge on any atom is 0.255 e. The summed E-state index contributed by atoms with van der Waals surface area (Å²) in [5, 5.41) is 0. The van der Waals surface area contributed by atoms with Gasteiger partial charge in [0.1, 0.15) is 0 Å². The smallest absolute Gasteiger partial charge is 0.255 e. The molecule has 0 unspecified atom stereocenters. The van der Waals surface area contributed by atoms with Crippen LogP contribution in [0, 0.1) is 0 Å². The minimum Gasteiger partial charge on any atom is -0.324 e. The molecule has 0 bridgehead atoms. The van der Waals surface area contributed by atoms with Gasteiger partial charge in [0.2, 0.25) is 0 Å². The zero-order chi connectivity index (χ0) is 22.6. The van der Waals surface area contributed by atoms with E-state index in [9.17, 15) is 4.79 Å². The van der Waals surface area contributed by atoms with Gasteiger partial charge in [0.15, 0.2) is 0 Å². The Labute approximate surface area is 195 Å². The van der Waals surface area contributed by atoms with E-state index in [0.717, 1.165) is 39.8 Å². The van der Waals surface area contributed by atoms with Crippen molar-refractivity contribution in [3.8, 4) is 0 Å². The molecule has 0 aromatic heterocycles. The standard InChI is InChI=1S/C31H27NO/c1-23(24-14-6-2-7-15-24)32-29(26-18-10-4-11-19-26)22-28(25-16-8-3-9-17-25)30(31(32)33)27-20-12-5-13-21-27/h2-21,23,29H,22H2,1H3/t23-,29-/m1/s1. The van der Waals surface area contributed by atoms with Crippen molar-refractivity contribution in [2.24, 2.45) is 0 Å². The largest absolute Gasteiger partial charge is 0.324 e. The number of hydrogen-bond acceptors (Lipinski definition) is 1. The average molecular weight is 430 g/mol. The monoisotopic (exact) mass is 429 g/mol. The third-order valence-electron chi connectivity index (χ3n) is 6.55. The van der Waals surface area contributed by atoms with E-state index in [1.54, 1.807) is 0 Å². The van der Waals surface area contributed by atoms with Gasteiger partial charge in [-0.25, -0.2) is 0 Å². The molecule has 0 saturated heterocycles. The molecule has 1 amide bonds. The predicted molar refractivity (Wildman–Crippen MR) is 135 cm³/mol. The highest BCUT2D eigenvalue weighted by Crippen LogP contribution is 2.46. The molecule has 0 spiro atoms. The number of amides is 1. The Morgan fingerprint density at radius 1 is 0.667 bits per heavy atom. The first-order chi connectivity index (χ1) is 16.2. The lowest BCUT2D eigenvalue weighted by Gasteiger charge is -2.42. The lowest BCUT2D eigenvalue weighted by Crippen LogP contribution is -2.41. The van der Waals surface area contributed by atoms with E-state index in [1.807, 2.05) is 72.8 Å². The van der Waals surface area contributed by atoms with E-state index in [0.29, 0.717) is 0 Å². The molecule has 2 nitrogen and oxygen atoms in total. The summed E-state index contributed by atoms with van der Waals surface area (Å²) >= 11 is 0. The van der Waals surface area contributed by atoms with Crippen molar-refractivity contribution in [3.05, 3.63) is 144 Å². The Morgan fingerprint density at radius 2 is 1.15 bits per heavy atom. The third-order valence-corrected chi connectivity index (χ3v) is 6.55. The second kappa shape index (κ2) is 9.30. The highest BCUT2D eigenvalue weighted by molar-refractivity contribution is 6.28. The molecule has 162 valence electrons. The van der Waals surface area contributed by atoms with E-state index < -0.39 is 0 Å². The summed E-state index contributed by atoms with van der Waals surface area (Å²) in [7, 11) is 0. The quantitative estimate of drug-likeness (QED) is 0.325. The molecule has 4 aromatic rings. The highest BCUT2D eigenvalue weighted by Gasteiger charge is 2.39. The fraction of sp³-hybridized carbons (Fsp3) is 0.129. The van der Waals surface area contributed by atoms with Gasteiger partial charge >= 0.3 is 0 Å². The molecular formula is C31H27NO. The van der Waals surface area contributed by atoms with Crippen molar-refractivity contribution in [2.45, 2.75) is 25.4 Å². The second-order valence-electron chi connectivity index (χ2n) is 8.52. The van der Waals surface area contributed by atoms with Gasteiger partial charge in [-0.1, -0.05) is 121 Å². The van der Waals surface area contributed by atoms with Crippen molar-refractivity contribution in [1.29, 1.82) is 0 Å². The summed E-state index contributed by atoms with van der Waals surface area (Å²) in [6.45, 7) is 2.14. The lowest BCUT2D eigenvalue weighted by molar-refractivity contribution is -0.130. The average Bonchev–Trinajstić information content (AvgIpc) is 2.90. The number of carbonyl (C=O) groups is 1. The fourth-order valence-electron chi connectivity index (χ4n) is 4.89. The summed E-state index contributed by atoms with van der Waals surface area (Å²) in [6, 6.07) is 41.1. The molecule has 0 aliphatic carbocycles. The molecule has 0 N–H and O–H groups in total. The molecule has 1 heterocycles. The summed E-state index contributed by atoms with van der Waals surface area (Å²) < 4.78 is 0. The predicted octanol–water partition coefficient (Wildman–Crippen LogP) is 7.33. The van der Waals surface area contributed by atoms with Crippen LogP contribution in [-0.2, 0) is 4.79 Å². The zero-order valence-corrected chi connectivity index (χ0v) is 18.8. The minimum absolute atomic E-state index is 0.0448. The third kappa shape index (κ3) is 4.12. The van der Waals surface area contributed by atoms with Gasteiger partial charge in [-0.3, -0.25) is 4.79 Å². The minimum atomic E-state index is -0.0556. The number of hydrogen-bond donors (Lipinski definition) is 0. The first kappa shape index (κ1) is 21.0. The number of carbonyl (C=O) groups excluding carboxylic acids is 1. The molecule has 0 saturated carbocycles. The molecule has 0 radical (unpaired) electrons. The van der Waals surface area contributed by atoms with Crippen LogP contribution in [0.4, 0.5) is 0 Å². The molecule has 5 rings (SSSR count).